The molecule has 2 fully saturated rings. The Labute approximate surface area is 332 Å². The van der Waals surface area contributed by atoms with Crippen molar-refractivity contribution < 1.29 is 41.5 Å². The molecule has 0 bridgehead atoms. The second-order valence-corrected chi connectivity index (χ2v) is 14.8. The molecule has 0 radical (unpaired) electrons. The van der Waals surface area contributed by atoms with Crippen molar-refractivity contribution in [1.82, 2.24) is 10.2 Å². The quantitative estimate of drug-likeness (QED) is 0.161. The molecule has 2 saturated carbocycles. The van der Waals surface area contributed by atoms with E-state index >= 15 is 0 Å². The van der Waals surface area contributed by atoms with Crippen LogP contribution in [0.1, 0.15) is 75.7 Å². The van der Waals surface area contributed by atoms with Gasteiger partial charge >= 0.3 is 18.0 Å². The second-order valence-electron chi connectivity index (χ2n) is 9.29. The lowest BCUT2D eigenvalue weighted by atomic mass is 10.3. The molecule has 0 atom stereocenters. The number of rotatable bonds is 6. The van der Waals surface area contributed by atoms with Crippen molar-refractivity contribution >= 4 is 100 Å². The molecule has 51 heavy (non-hydrogen) atoms. The van der Waals surface area contributed by atoms with Crippen LogP contribution in [0.3, 0.4) is 0 Å². The number of carbonyl (C=O) groups is 4. The Morgan fingerprint density at radius 3 is 1.59 bits per heavy atom. The third-order valence-corrected chi connectivity index (χ3v) is 6.47. The zero-order valence-electron chi connectivity index (χ0n) is 23.9. The maximum Gasteiger partial charge on any atom is 0.328 e. The van der Waals surface area contributed by atoms with E-state index in [1.165, 1.54) is 24.3 Å². The van der Waals surface area contributed by atoms with Crippen LogP contribution in [0.2, 0.25) is 0 Å². The number of nitrogens with one attached hydrogen (secondary N) is 3. The van der Waals surface area contributed by atoms with Gasteiger partial charge in [-0.3, -0.25) is 14.5 Å². The highest BCUT2D eigenvalue weighted by Crippen LogP contribution is 2.28. The monoisotopic (exact) mass is 986 g/mol. The molecule has 5 amide bonds. The number of nitriles is 2. The lowest BCUT2D eigenvalue weighted by Gasteiger charge is -2.20. The molecular formula is C32H47ClF2I2N6O7S. The Kier molecular flexibility index (Phi) is 31.6. The fourth-order valence-corrected chi connectivity index (χ4v) is 3.87. The van der Waals surface area contributed by atoms with Crippen molar-refractivity contribution in [3.8, 4) is 12.1 Å². The van der Waals surface area contributed by atoms with Gasteiger partial charge < -0.3 is 21.1 Å². The number of benzene rings is 2. The Bertz CT molecular complexity index is 1610. The maximum absolute atomic E-state index is 13.7. The van der Waals surface area contributed by atoms with Gasteiger partial charge in [-0.1, -0.05) is 37.1 Å². The Morgan fingerprint density at radius 2 is 1.27 bits per heavy atom. The molecular weight excluding hydrogens is 940 g/mol. The number of urea groups is 2. The highest BCUT2D eigenvalue weighted by molar-refractivity contribution is 14.1. The van der Waals surface area contributed by atoms with E-state index in [2.05, 4.69) is 26.6 Å². The normalized spacial score (nSPS) is 11.5. The Hall–Kier alpha value is -3.34. The summed E-state index contributed by atoms with van der Waals surface area (Å²) in [5.41, 5.74) is 0.236. The minimum absolute atomic E-state index is 0. The first-order chi connectivity index (χ1) is 21.4. The largest absolute Gasteiger partial charge is 0.480 e. The van der Waals surface area contributed by atoms with Gasteiger partial charge in [-0.05, 0) is 107 Å². The van der Waals surface area contributed by atoms with Crippen molar-refractivity contribution in [2.75, 3.05) is 16.9 Å². The highest BCUT2D eigenvalue weighted by atomic mass is 127. The number of carboxylic acid groups (broad SMARTS) is 1. The molecule has 0 heterocycles. The zero-order chi connectivity index (χ0) is 35.0. The van der Waals surface area contributed by atoms with Gasteiger partial charge in [-0.15, -0.1) is 0 Å². The number of aliphatic carboxylic acids is 1. The number of hydrogen-bond acceptors (Lipinski definition) is 8. The van der Waals surface area contributed by atoms with Crippen LogP contribution in [0.25, 0.3) is 0 Å². The lowest BCUT2D eigenvalue weighted by molar-refractivity contribution is -0.135. The molecule has 19 heteroatoms. The number of imide groups is 1. The van der Waals surface area contributed by atoms with Gasteiger partial charge in [0.05, 0.1) is 29.8 Å². The molecule has 288 valence electrons. The summed E-state index contributed by atoms with van der Waals surface area (Å²) in [7, 11) is 1.31. The summed E-state index contributed by atoms with van der Waals surface area (Å²) in [5.74, 6) is -2.60. The smallest absolute Gasteiger partial charge is 0.328 e. The van der Waals surface area contributed by atoms with E-state index in [1.807, 2.05) is 45.2 Å². The molecule has 2 aliphatic carbocycles. The predicted molar refractivity (Wildman–Crippen MR) is 215 cm³/mol. The number of hydrogen-bond donors (Lipinski definition) is 4. The Balaban J connectivity index is -0.000000202. The molecule has 4 N–H and O–H groups in total. The number of amides is 5. The predicted octanol–water partition coefficient (Wildman–Crippen LogP) is 8.93. The van der Waals surface area contributed by atoms with E-state index < -0.39 is 45.0 Å². The standard InChI is InChI=1S/C13H11FIN3O2.C10H10FIN2O.C3H3NO2.CH3ClO2S.5CH4/c14-10-7-8(15)1-4-11(10)17-13(20)18(9-2-3-9)12(19)5-6-16;11-8-5-6(12)1-4-9(8)14-10(15)13-7-2-3-7;4-2-1-3(5)6;1-5(2,3)4;;;;;/h1,4,7,9H,2-3,5H2,(H,17,20);1,4-5,7H,2-3H2,(H2,13,14,15);1H2,(H,5,6);1H3;5*1H4. The average Bonchev–Trinajstić information content (AvgIpc) is 3.85. The van der Waals surface area contributed by atoms with Crippen LogP contribution in [0, 0.1) is 41.4 Å². The first-order valence-corrected chi connectivity index (χ1v) is 17.8. The number of carboxylic acids is 1. The van der Waals surface area contributed by atoms with Gasteiger partial charge in [-0.25, -0.2) is 26.8 Å². The number of carbonyl (C=O) groups excluding carboxylic acids is 3. The lowest BCUT2D eigenvalue weighted by Crippen LogP contribution is -2.41. The summed E-state index contributed by atoms with van der Waals surface area (Å²) in [6.45, 7) is 0. The minimum Gasteiger partial charge on any atom is -0.480 e. The highest BCUT2D eigenvalue weighted by Gasteiger charge is 2.37. The van der Waals surface area contributed by atoms with Gasteiger partial charge in [0.1, 0.15) is 24.5 Å². The van der Waals surface area contributed by atoms with Gasteiger partial charge in [0.15, 0.2) is 0 Å². The van der Waals surface area contributed by atoms with E-state index in [-0.39, 0.29) is 73.0 Å². The molecule has 0 saturated heterocycles. The van der Waals surface area contributed by atoms with Crippen molar-refractivity contribution in [1.29, 1.82) is 10.5 Å². The van der Waals surface area contributed by atoms with Crippen LogP contribution < -0.4 is 16.0 Å². The number of nitrogens with zero attached hydrogens (tertiary/aromatic N) is 3. The molecule has 0 unspecified atom stereocenters. The molecule has 2 aromatic rings. The van der Waals surface area contributed by atoms with Crippen LogP contribution in [-0.4, -0.2) is 60.7 Å². The maximum atomic E-state index is 13.7. The Morgan fingerprint density at radius 1 is 0.863 bits per heavy atom. The molecule has 0 aliphatic heterocycles. The van der Waals surface area contributed by atoms with Crippen LogP contribution in [0.5, 0.6) is 0 Å². The van der Waals surface area contributed by atoms with E-state index in [1.54, 1.807) is 24.3 Å². The average molecular weight is 987 g/mol. The van der Waals surface area contributed by atoms with Gasteiger partial charge in [0.2, 0.25) is 15.0 Å². The summed E-state index contributed by atoms with van der Waals surface area (Å²) < 4.78 is 47.3. The van der Waals surface area contributed by atoms with E-state index in [4.69, 9.17) is 15.6 Å². The molecule has 0 spiro atoms. The summed E-state index contributed by atoms with van der Waals surface area (Å²) in [6, 6.07) is 11.3. The van der Waals surface area contributed by atoms with Crippen molar-refractivity contribution in [2.45, 2.75) is 87.7 Å². The first-order valence-electron chi connectivity index (χ1n) is 12.9. The summed E-state index contributed by atoms with van der Waals surface area (Å²) in [5, 5.41) is 31.4. The van der Waals surface area contributed by atoms with Crippen molar-refractivity contribution in [3.63, 3.8) is 0 Å². The van der Waals surface area contributed by atoms with E-state index in [0.29, 0.717) is 3.57 Å². The molecule has 0 aromatic heterocycles. The topological polar surface area (TPSA) is 210 Å². The first kappa shape index (κ1) is 57.0. The zero-order valence-corrected chi connectivity index (χ0v) is 29.8. The minimum atomic E-state index is -3.19. The van der Waals surface area contributed by atoms with Gasteiger partial charge in [0, 0.05) is 29.9 Å². The van der Waals surface area contributed by atoms with Gasteiger partial charge in [0.25, 0.3) is 0 Å². The van der Waals surface area contributed by atoms with E-state index in [9.17, 15) is 36.4 Å². The molecule has 13 nitrogen and oxygen atoms in total. The number of anilines is 2. The van der Waals surface area contributed by atoms with E-state index in [0.717, 1.165) is 40.4 Å². The molecule has 2 aromatic carbocycles. The van der Waals surface area contributed by atoms with Crippen molar-refractivity contribution in [2.24, 2.45) is 0 Å². The summed E-state index contributed by atoms with van der Waals surface area (Å²) in [4.78, 5) is 45.5. The van der Waals surface area contributed by atoms with Crippen LogP contribution in [0.4, 0.5) is 29.7 Å². The summed E-state index contributed by atoms with van der Waals surface area (Å²) in [6.07, 6.45) is 3.64. The molecule has 2 aliphatic rings. The van der Waals surface area contributed by atoms with Crippen LogP contribution in [0.15, 0.2) is 36.4 Å². The summed E-state index contributed by atoms with van der Waals surface area (Å²) >= 11 is 3.98. The molecule has 4 rings (SSSR count). The third kappa shape index (κ3) is 27.0. The third-order valence-electron chi connectivity index (χ3n) is 5.12. The second kappa shape index (κ2) is 28.3. The van der Waals surface area contributed by atoms with Crippen LogP contribution >= 0.6 is 55.9 Å². The fraction of sp³-hybridized carbons (Fsp3) is 0.438. The SMILES string of the molecule is C.C.C.C.C.CS(=O)(=O)Cl.N#CCC(=O)N(C(=O)Nc1ccc(I)cc1F)C1CC1.N#CCC(=O)O.O=C(Nc1ccc(I)cc1F)NC1CC1. The van der Waals surface area contributed by atoms with Crippen molar-refractivity contribution in [3.05, 3.63) is 55.2 Å². The number of halogens is 5. The van der Waals surface area contributed by atoms with Crippen LogP contribution in [-0.2, 0) is 18.6 Å². The fourth-order valence-electron chi connectivity index (χ4n) is 2.96. The van der Waals surface area contributed by atoms with Gasteiger partial charge in [-0.2, -0.15) is 10.5 Å².